The molecule has 1 N–H and O–H groups in total. The maximum absolute atomic E-state index is 12.9. The predicted octanol–water partition coefficient (Wildman–Crippen LogP) is 2.40. The zero-order valence-electron chi connectivity index (χ0n) is 16.1. The Morgan fingerprint density at radius 1 is 1.18 bits per heavy atom. The third-order valence-electron chi connectivity index (χ3n) is 6.23. The van der Waals surface area contributed by atoms with Crippen molar-refractivity contribution >= 4 is 11.6 Å². The lowest BCUT2D eigenvalue weighted by Gasteiger charge is -2.37. The fourth-order valence-corrected chi connectivity index (χ4v) is 4.73. The normalized spacial score (nSPS) is 20.4. The van der Waals surface area contributed by atoms with Crippen LogP contribution >= 0.6 is 0 Å². The molecule has 6 heteroatoms. The number of carbonyl (C=O) groups is 1. The molecule has 3 heterocycles. The van der Waals surface area contributed by atoms with Crippen LogP contribution in [0.25, 0.3) is 5.65 Å². The molecule has 2 aliphatic rings. The van der Waals surface area contributed by atoms with Crippen LogP contribution in [0.2, 0.25) is 0 Å². The number of fused-ring (bicyclic) bond motifs is 2. The van der Waals surface area contributed by atoms with Crippen molar-refractivity contribution in [3.8, 4) is 0 Å². The first kappa shape index (κ1) is 17.4. The lowest BCUT2D eigenvalue weighted by molar-refractivity contribution is 0.0875. The topological polar surface area (TPSA) is 62.5 Å². The average molecular weight is 375 g/mol. The van der Waals surface area contributed by atoms with Crippen molar-refractivity contribution in [3.63, 3.8) is 0 Å². The molecular weight excluding hydrogens is 350 g/mol. The molecule has 6 nitrogen and oxygen atoms in total. The molecule has 1 aliphatic heterocycles. The summed E-state index contributed by atoms with van der Waals surface area (Å²) in [4.78, 5) is 19.8. The molecule has 1 saturated heterocycles. The van der Waals surface area contributed by atoms with Gasteiger partial charge >= 0.3 is 0 Å². The average Bonchev–Trinajstić information content (AvgIpc) is 3.35. The number of aromatic nitrogens is 3. The standard InChI is InChI=1S/C22H25N5O/c1-15-20(13-23-21-8-9-24-27(15)21)22(28)25-18-7-4-10-26(14-18)19-11-16-5-2-3-6-17(16)12-19/h2-3,5-6,8-9,13,18-19H,4,7,10-12,14H2,1H3,(H,25,28)/t18-/m1/s1. The van der Waals surface area contributed by atoms with Crippen molar-refractivity contribution in [2.45, 2.75) is 44.7 Å². The Bertz CT molecular complexity index is 1000. The molecule has 5 rings (SSSR count). The highest BCUT2D eigenvalue weighted by Gasteiger charge is 2.31. The molecule has 1 aromatic carbocycles. The van der Waals surface area contributed by atoms with Gasteiger partial charge in [0.2, 0.25) is 0 Å². The van der Waals surface area contributed by atoms with Gasteiger partial charge in [-0.05, 0) is 50.3 Å². The largest absolute Gasteiger partial charge is 0.348 e. The maximum atomic E-state index is 12.9. The van der Waals surface area contributed by atoms with Gasteiger partial charge in [0.25, 0.3) is 5.91 Å². The Kier molecular flexibility index (Phi) is 4.36. The van der Waals surface area contributed by atoms with E-state index in [0.29, 0.717) is 11.6 Å². The van der Waals surface area contributed by atoms with E-state index in [-0.39, 0.29) is 11.9 Å². The molecule has 1 aliphatic carbocycles. The number of aryl methyl sites for hydroxylation is 1. The van der Waals surface area contributed by atoms with Crippen molar-refractivity contribution in [1.82, 2.24) is 24.8 Å². The van der Waals surface area contributed by atoms with Crippen LogP contribution in [0.4, 0.5) is 0 Å². The number of likely N-dealkylation sites (tertiary alicyclic amines) is 1. The number of piperidine rings is 1. The quantitative estimate of drug-likeness (QED) is 0.764. The van der Waals surface area contributed by atoms with Gasteiger partial charge < -0.3 is 5.32 Å². The summed E-state index contributed by atoms with van der Waals surface area (Å²) < 4.78 is 1.72. The smallest absolute Gasteiger partial charge is 0.254 e. The zero-order chi connectivity index (χ0) is 19.1. The van der Waals surface area contributed by atoms with Crippen LogP contribution in [0.5, 0.6) is 0 Å². The number of carbonyl (C=O) groups excluding carboxylic acids is 1. The fourth-order valence-electron chi connectivity index (χ4n) is 4.73. The Hall–Kier alpha value is -2.73. The summed E-state index contributed by atoms with van der Waals surface area (Å²) in [5.74, 6) is -0.0519. The second-order valence-corrected chi connectivity index (χ2v) is 8.00. The minimum Gasteiger partial charge on any atom is -0.348 e. The van der Waals surface area contributed by atoms with Crippen molar-refractivity contribution in [3.05, 3.63) is 65.1 Å². The van der Waals surface area contributed by atoms with Crippen LogP contribution in [0, 0.1) is 6.92 Å². The van der Waals surface area contributed by atoms with Gasteiger partial charge in [-0.1, -0.05) is 24.3 Å². The van der Waals surface area contributed by atoms with Crippen molar-refractivity contribution in [1.29, 1.82) is 0 Å². The van der Waals surface area contributed by atoms with E-state index in [2.05, 4.69) is 44.6 Å². The van der Waals surface area contributed by atoms with E-state index < -0.39 is 0 Å². The third kappa shape index (κ3) is 3.07. The first-order valence-corrected chi connectivity index (χ1v) is 10.1. The number of nitrogens with zero attached hydrogens (tertiary/aromatic N) is 4. The minimum atomic E-state index is -0.0519. The summed E-state index contributed by atoms with van der Waals surface area (Å²) >= 11 is 0. The molecule has 1 amide bonds. The van der Waals surface area contributed by atoms with Crippen LogP contribution in [0.3, 0.4) is 0 Å². The molecule has 1 fully saturated rings. The van der Waals surface area contributed by atoms with Crippen LogP contribution in [-0.4, -0.2) is 50.6 Å². The summed E-state index contributed by atoms with van der Waals surface area (Å²) in [5.41, 5.74) is 5.15. The molecule has 0 bridgehead atoms. The number of amides is 1. The van der Waals surface area contributed by atoms with Gasteiger partial charge in [0.15, 0.2) is 5.65 Å². The van der Waals surface area contributed by atoms with E-state index in [1.165, 1.54) is 11.1 Å². The summed E-state index contributed by atoms with van der Waals surface area (Å²) in [7, 11) is 0. The Balaban J connectivity index is 1.27. The second-order valence-electron chi connectivity index (χ2n) is 8.00. The highest BCUT2D eigenvalue weighted by molar-refractivity contribution is 5.95. The summed E-state index contributed by atoms with van der Waals surface area (Å²) in [6, 6.07) is 11.3. The van der Waals surface area contributed by atoms with Gasteiger partial charge in [0, 0.05) is 30.9 Å². The first-order chi connectivity index (χ1) is 13.7. The van der Waals surface area contributed by atoms with E-state index in [1.54, 1.807) is 16.9 Å². The Morgan fingerprint density at radius 3 is 2.75 bits per heavy atom. The van der Waals surface area contributed by atoms with E-state index in [4.69, 9.17) is 0 Å². The van der Waals surface area contributed by atoms with Crippen molar-refractivity contribution in [2.24, 2.45) is 0 Å². The van der Waals surface area contributed by atoms with E-state index in [1.807, 2.05) is 13.0 Å². The lowest BCUT2D eigenvalue weighted by atomic mass is 10.0. The maximum Gasteiger partial charge on any atom is 0.254 e. The van der Waals surface area contributed by atoms with E-state index in [0.717, 1.165) is 50.1 Å². The SMILES string of the molecule is Cc1c(C(=O)N[C@@H]2CCCN(C3Cc4ccccc4C3)C2)cnc2ccnn12. The van der Waals surface area contributed by atoms with Crippen LogP contribution in [0.15, 0.2) is 42.7 Å². The molecule has 28 heavy (non-hydrogen) atoms. The lowest BCUT2D eigenvalue weighted by Crippen LogP contribution is -2.51. The number of rotatable bonds is 3. The van der Waals surface area contributed by atoms with Gasteiger partial charge in [-0.25, -0.2) is 9.50 Å². The molecule has 144 valence electrons. The molecule has 0 saturated carbocycles. The number of hydrogen-bond acceptors (Lipinski definition) is 4. The second kappa shape index (κ2) is 7.02. The van der Waals surface area contributed by atoms with Gasteiger partial charge in [0.05, 0.1) is 17.5 Å². The Labute approximate surface area is 164 Å². The number of benzene rings is 1. The molecule has 0 radical (unpaired) electrons. The number of hydrogen-bond donors (Lipinski definition) is 1. The Morgan fingerprint density at radius 2 is 1.96 bits per heavy atom. The minimum absolute atomic E-state index is 0.0519. The van der Waals surface area contributed by atoms with Crippen molar-refractivity contribution < 1.29 is 4.79 Å². The van der Waals surface area contributed by atoms with Gasteiger partial charge in [0.1, 0.15) is 0 Å². The molecule has 2 aromatic heterocycles. The fraction of sp³-hybridized carbons (Fsp3) is 0.409. The van der Waals surface area contributed by atoms with Crippen LogP contribution < -0.4 is 5.32 Å². The highest BCUT2D eigenvalue weighted by atomic mass is 16.1. The molecule has 0 spiro atoms. The summed E-state index contributed by atoms with van der Waals surface area (Å²) in [6.07, 6.45) is 7.75. The van der Waals surface area contributed by atoms with E-state index in [9.17, 15) is 4.79 Å². The van der Waals surface area contributed by atoms with Crippen LogP contribution in [0.1, 0.15) is 40.0 Å². The van der Waals surface area contributed by atoms with Gasteiger partial charge in [-0.15, -0.1) is 0 Å². The van der Waals surface area contributed by atoms with Gasteiger partial charge in [-0.2, -0.15) is 5.10 Å². The van der Waals surface area contributed by atoms with Crippen LogP contribution in [-0.2, 0) is 12.8 Å². The predicted molar refractivity (Wildman–Crippen MR) is 107 cm³/mol. The number of nitrogens with one attached hydrogen (secondary N) is 1. The van der Waals surface area contributed by atoms with E-state index >= 15 is 0 Å². The zero-order valence-corrected chi connectivity index (χ0v) is 16.1. The molecule has 0 unspecified atom stereocenters. The molecule has 3 aromatic rings. The monoisotopic (exact) mass is 375 g/mol. The third-order valence-corrected chi connectivity index (χ3v) is 6.23. The summed E-state index contributed by atoms with van der Waals surface area (Å²) in [5, 5.41) is 7.50. The first-order valence-electron chi connectivity index (χ1n) is 10.1. The van der Waals surface area contributed by atoms with Gasteiger partial charge in [-0.3, -0.25) is 9.69 Å². The molecular formula is C22H25N5O. The molecule has 1 atom stereocenters. The summed E-state index contributed by atoms with van der Waals surface area (Å²) in [6.45, 7) is 3.95. The highest BCUT2D eigenvalue weighted by Crippen LogP contribution is 2.27. The van der Waals surface area contributed by atoms with Crippen molar-refractivity contribution in [2.75, 3.05) is 13.1 Å².